The van der Waals surface area contributed by atoms with E-state index in [1.54, 1.807) is 43.5 Å². The molecular weight excluding hydrogens is 240 g/mol. The number of allylic oxidation sites excluding steroid dienone is 1. The molecular formula is C16H18O3. The lowest BCUT2D eigenvalue weighted by Gasteiger charge is -2.01. The van der Waals surface area contributed by atoms with Gasteiger partial charge in [0.15, 0.2) is 0 Å². The van der Waals surface area contributed by atoms with Gasteiger partial charge in [-0.25, -0.2) is 0 Å². The summed E-state index contributed by atoms with van der Waals surface area (Å²) in [6.45, 7) is 1.93. The van der Waals surface area contributed by atoms with Gasteiger partial charge in [-0.1, -0.05) is 30.4 Å². The lowest BCUT2D eigenvalue weighted by atomic mass is 10.2. The Morgan fingerprint density at radius 2 is 1.63 bits per heavy atom. The summed E-state index contributed by atoms with van der Waals surface area (Å²) in [5, 5.41) is 17.9. The van der Waals surface area contributed by atoms with E-state index in [1.165, 1.54) is 0 Å². The number of hydrogen-bond donors (Lipinski definition) is 2. The monoisotopic (exact) mass is 258 g/mol. The number of phenolic OH excluding ortho intramolecular Hbond substituents is 2. The van der Waals surface area contributed by atoms with E-state index in [4.69, 9.17) is 9.84 Å². The first-order valence-corrected chi connectivity index (χ1v) is 5.90. The van der Waals surface area contributed by atoms with Crippen LogP contribution in [0.15, 0.2) is 54.6 Å². The van der Waals surface area contributed by atoms with Crippen LogP contribution >= 0.6 is 0 Å². The maximum Gasteiger partial charge on any atom is 0.123 e. The topological polar surface area (TPSA) is 49.7 Å². The Hall–Kier alpha value is -2.42. The highest BCUT2D eigenvalue weighted by molar-refractivity contribution is 5.54. The smallest absolute Gasteiger partial charge is 0.123 e. The number of hydrogen-bond acceptors (Lipinski definition) is 3. The van der Waals surface area contributed by atoms with Gasteiger partial charge in [-0.15, -0.1) is 0 Å². The molecule has 3 heteroatoms. The standard InChI is InChI=1S/C10H12O2.C6H6O/c1-3-4-8-5-9(11)7-10(6-8)12-2;7-6-4-2-1-3-5-6/h3-7,11H,1-2H3;1-5,7H/b4-3-;. The first-order chi connectivity index (χ1) is 9.15. The van der Waals surface area contributed by atoms with Crippen molar-refractivity contribution in [1.29, 1.82) is 0 Å². The molecule has 0 fully saturated rings. The van der Waals surface area contributed by atoms with Gasteiger partial charge in [-0.05, 0) is 36.8 Å². The number of phenols is 2. The van der Waals surface area contributed by atoms with Crippen molar-refractivity contribution in [2.75, 3.05) is 7.11 Å². The summed E-state index contributed by atoms with van der Waals surface area (Å²) in [6, 6.07) is 13.8. The van der Waals surface area contributed by atoms with Crippen molar-refractivity contribution in [2.24, 2.45) is 0 Å². The van der Waals surface area contributed by atoms with Gasteiger partial charge in [0.25, 0.3) is 0 Å². The fourth-order valence-corrected chi connectivity index (χ4v) is 1.44. The van der Waals surface area contributed by atoms with Gasteiger partial charge in [0.05, 0.1) is 7.11 Å². The van der Waals surface area contributed by atoms with Crippen LogP contribution in [0.4, 0.5) is 0 Å². The Kier molecular flexibility index (Phi) is 6.03. The molecule has 0 unspecified atom stereocenters. The average Bonchev–Trinajstić information content (AvgIpc) is 2.40. The SMILES string of the molecule is C/C=C\c1cc(O)cc(OC)c1.Oc1ccccc1. The Balaban J connectivity index is 0.000000218. The summed E-state index contributed by atoms with van der Waals surface area (Å²) in [4.78, 5) is 0. The molecule has 0 aliphatic carbocycles. The quantitative estimate of drug-likeness (QED) is 0.860. The molecule has 0 radical (unpaired) electrons. The molecule has 0 heterocycles. The van der Waals surface area contributed by atoms with Crippen LogP contribution in [0.25, 0.3) is 6.08 Å². The first kappa shape index (κ1) is 14.6. The van der Waals surface area contributed by atoms with Crippen LogP contribution in [0.3, 0.4) is 0 Å². The van der Waals surface area contributed by atoms with Crippen molar-refractivity contribution in [1.82, 2.24) is 0 Å². The maximum atomic E-state index is 9.24. The largest absolute Gasteiger partial charge is 0.508 e. The Morgan fingerprint density at radius 3 is 2.11 bits per heavy atom. The lowest BCUT2D eigenvalue weighted by molar-refractivity contribution is 0.407. The van der Waals surface area contributed by atoms with Crippen LogP contribution in [-0.2, 0) is 0 Å². The van der Waals surface area contributed by atoms with E-state index < -0.39 is 0 Å². The van der Waals surface area contributed by atoms with Crippen LogP contribution in [0.1, 0.15) is 12.5 Å². The highest BCUT2D eigenvalue weighted by Crippen LogP contribution is 2.21. The summed E-state index contributed by atoms with van der Waals surface area (Å²) in [5.41, 5.74) is 0.939. The molecule has 19 heavy (non-hydrogen) atoms. The van der Waals surface area contributed by atoms with Gasteiger partial charge in [-0.2, -0.15) is 0 Å². The molecule has 0 aliphatic rings. The molecule has 2 rings (SSSR count). The van der Waals surface area contributed by atoms with Crippen molar-refractivity contribution < 1.29 is 14.9 Å². The second-order valence-electron chi connectivity index (χ2n) is 3.80. The maximum absolute atomic E-state index is 9.24. The van der Waals surface area contributed by atoms with E-state index in [0.717, 1.165) is 5.56 Å². The Labute approximate surface area is 113 Å². The summed E-state index contributed by atoms with van der Waals surface area (Å²) in [5.74, 6) is 1.22. The number of benzene rings is 2. The molecule has 0 saturated carbocycles. The van der Waals surface area contributed by atoms with E-state index in [2.05, 4.69) is 0 Å². The van der Waals surface area contributed by atoms with Crippen LogP contribution < -0.4 is 4.74 Å². The molecule has 2 aromatic carbocycles. The normalized spacial score (nSPS) is 9.79. The zero-order chi connectivity index (χ0) is 14.1. The predicted octanol–water partition coefficient (Wildman–Crippen LogP) is 3.83. The van der Waals surface area contributed by atoms with E-state index in [1.807, 2.05) is 31.2 Å². The van der Waals surface area contributed by atoms with Crippen molar-refractivity contribution >= 4 is 6.08 Å². The highest BCUT2D eigenvalue weighted by atomic mass is 16.5. The summed E-state index contributed by atoms with van der Waals surface area (Å²) >= 11 is 0. The molecule has 0 aliphatic heterocycles. The fourth-order valence-electron chi connectivity index (χ4n) is 1.44. The lowest BCUT2D eigenvalue weighted by Crippen LogP contribution is -1.82. The molecule has 2 N–H and O–H groups in total. The van der Waals surface area contributed by atoms with Gasteiger partial charge in [-0.3, -0.25) is 0 Å². The van der Waals surface area contributed by atoms with Crippen LogP contribution in [0, 0.1) is 0 Å². The Bertz CT molecular complexity index is 519. The molecule has 0 aromatic heterocycles. The fraction of sp³-hybridized carbons (Fsp3) is 0.125. The van der Waals surface area contributed by atoms with E-state index in [9.17, 15) is 5.11 Å². The molecule has 0 spiro atoms. The number of ether oxygens (including phenoxy) is 1. The third-order valence-electron chi connectivity index (χ3n) is 2.26. The highest BCUT2D eigenvalue weighted by Gasteiger charge is 1.96. The van der Waals surface area contributed by atoms with Gasteiger partial charge < -0.3 is 14.9 Å². The van der Waals surface area contributed by atoms with Gasteiger partial charge in [0.2, 0.25) is 0 Å². The van der Waals surface area contributed by atoms with Crippen LogP contribution in [-0.4, -0.2) is 17.3 Å². The summed E-state index contributed by atoms with van der Waals surface area (Å²) in [6.07, 6.45) is 3.82. The third kappa shape index (κ3) is 5.64. The van der Waals surface area contributed by atoms with Crippen LogP contribution in [0.5, 0.6) is 17.2 Å². The average molecular weight is 258 g/mol. The number of aromatic hydroxyl groups is 2. The summed E-state index contributed by atoms with van der Waals surface area (Å²) < 4.78 is 4.99. The van der Waals surface area contributed by atoms with E-state index >= 15 is 0 Å². The zero-order valence-corrected chi connectivity index (χ0v) is 11.1. The minimum Gasteiger partial charge on any atom is -0.508 e. The molecule has 0 bridgehead atoms. The number of rotatable bonds is 2. The van der Waals surface area contributed by atoms with E-state index in [-0.39, 0.29) is 5.75 Å². The minimum atomic E-state index is 0.224. The predicted molar refractivity (Wildman–Crippen MR) is 77.5 cm³/mol. The van der Waals surface area contributed by atoms with Gasteiger partial charge >= 0.3 is 0 Å². The van der Waals surface area contributed by atoms with Crippen molar-refractivity contribution in [3.8, 4) is 17.2 Å². The second kappa shape index (κ2) is 7.82. The first-order valence-electron chi connectivity index (χ1n) is 5.90. The molecule has 100 valence electrons. The van der Waals surface area contributed by atoms with Crippen molar-refractivity contribution in [3.05, 3.63) is 60.2 Å². The minimum absolute atomic E-state index is 0.224. The molecule has 0 amide bonds. The van der Waals surface area contributed by atoms with Crippen molar-refractivity contribution in [3.63, 3.8) is 0 Å². The van der Waals surface area contributed by atoms with Crippen LogP contribution in [0.2, 0.25) is 0 Å². The third-order valence-corrected chi connectivity index (χ3v) is 2.26. The van der Waals surface area contributed by atoms with Gasteiger partial charge in [0, 0.05) is 6.07 Å². The number of methoxy groups -OCH3 is 1. The number of para-hydroxylation sites is 1. The second-order valence-corrected chi connectivity index (χ2v) is 3.80. The van der Waals surface area contributed by atoms with Gasteiger partial charge in [0.1, 0.15) is 17.2 Å². The zero-order valence-electron chi connectivity index (χ0n) is 11.1. The molecule has 2 aromatic rings. The molecule has 3 nitrogen and oxygen atoms in total. The molecule has 0 saturated heterocycles. The van der Waals surface area contributed by atoms with E-state index in [0.29, 0.717) is 11.5 Å². The van der Waals surface area contributed by atoms with Crippen molar-refractivity contribution in [2.45, 2.75) is 6.92 Å². The summed E-state index contributed by atoms with van der Waals surface area (Å²) in [7, 11) is 1.58. The molecule has 0 atom stereocenters. The Morgan fingerprint density at radius 1 is 0.947 bits per heavy atom.